The van der Waals surface area contributed by atoms with Crippen LogP contribution in [0.5, 0.6) is 0 Å². The molecular formula is C11H15N3O3S. The molecule has 2 heterocycles. The quantitative estimate of drug-likeness (QED) is 0.868. The molecule has 0 radical (unpaired) electrons. The molecule has 1 amide bonds. The molecule has 6 nitrogen and oxygen atoms in total. The van der Waals surface area contributed by atoms with Gasteiger partial charge in [-0.3, -0.25) is 4.79 Å². The minimum atomic E-state index is -3.54. The van der Waals surface area contributed by atoms with Crippen molar-refractivity contribution in [1.82, 2.24) is 9.29 Å². The lowest BCUT2D eigenvalue weighted by Gasteiger charge is -2.42. The summed E-state index contributed by atoms with van der Waals surface area (Å²) in [6, 6.07) is 5.21. The molecule has 0 saturated carbocycles. The number of aromatic nitrogens is 1. The Morgan fingerprint density at radius 2 is 2.06 bits per heavy atom. The highest BCUT2D eigenvalue weighted by atomic mass is 32.2. The zero-order valence-corrected chi connectivity index (χ0v) is 11.3. The van der Waals surface area contributed by atoms with E-state index in [1.807, 2.05) is 0 Å². The molecule has 1 aliphatic rings. The Kier molecular flexibility index (Phi) is 2.81. The van der Waals surface area contributed by atoms with Crippen molar-refractivity contribution in [2.75, 3.05) is 12.4 Å². The van der Waals surface area contributed by atoms with Gasteiger partial charge in [0, 0.05) is 7.05 Å². The SMILES string of the molecule is CNc1cccc(CN2C(=O)C(C)(C)S2(=O)=O)n1. The standard InChI is InChI=1S/C11H15N3O3S/c1-11(2)10(15)14(18(11,16)17)7-8-5-4-6-9(12-3)13-8/h4-6H,7H2,1-3H3,(H,12,13). The van der Waals surface area contributed by atoms with E-state index in [2.05, 4.69) is 10.3 Å². The second-order valence-electron chi connectivity index (χ2n) is 4.59. The summed E-state index contributed by atoms with van der Waals surface area (Å²) in [5.41, 5.74) is 0.536. The summed E-state index contributed by atoms with van der Waals surface area (Å²) in [6.45, 7) is 2.82. The van der Waals surface area contributed by atoms with E-state index in [0.717, 1.165) is 4.31 Å². The van der Waals surface area contributed by atoms with Gasteiger partial charge < -0.3 is 5.32 Å². The number of amides is 1. The number of sulfonamides is 1. The number of hydrogen-bond donors (Lipinski definition) is 1. The summed E-state index contributed by atoms with van der Waals surface area (Å²) < 4.78 is 23.4. The highest BCUT2D eigenvalue weighted by molar-refractivity contribution is 7.94. The molecule has 0 aliphatic carbocycles. The molecule has 1 fully saturated rings. The Morgan fingerprint density at radius 1 is 1.39 bits per heavy atom. The molecule has 98 valence electrons. The van der Waals surface area contributed by atoms with Gasteiger partial charge in [-0.05, 0) is 26.0 Å². The van der Waals surface area contributed by atoms with Gasteiger partial charge in [0.15, 0.2) is 4.75 Å². The maximum Gasteiger partial charge on any atom is 0.259 e. The zero-order valence-electron chi connectivity index (χ0n) is 10.5. The van der Waals surface area contributed by atoms with Crippen LogP contribution < -0.4 is 5.32 Å². The number of anilines is 1. The Morgan fingerprint density at radius 3 is 2.61 bits per heavy atom. The smallest absolute Gasteiger partial charge is 0.259 e. The van der Waals surface area contributed by atoms with Crippen molar-refractivity contribution in [3.05, 3.63) is 23.9 Å². The fourth-order valence-electron chi connectivity index (χ4n) is 1.77. The van der Waals surface area contributed by atoms with Gasteiger partial charge in [0.2, 0.25) is 0 Å². The lowest BCUT2D eigenvalue weighted by molar-refractivity contribution is -0.132. The van der Waals surface area contributed by atoms with Crippen molar-refractivity contribution in [1.29, 1.82) is 0 Å². The van der Waals surface area contributed by atoms with Crippen LogP contribution in [0.3, 0.4) is 0 Å². The Balaban J connectivity index is 2.24. The fraction of sp³-hybridized carbons (Fsp3) is 0.455. The number of carbonyl (C=O) groups excluding carboxylic acids is 1. The number of nitrogens with one attached hydrogen (secondary N) is 1. The van der Waals surface area contributed by atoms with Gasteiger partial charge in [-0.1, -0.05) is 6.07 Å². The molecule has 1 saturated heterocycles. The van der Waals surface area contributed by atoms with Crippen molar-refractivity contribution < 1.29 is 13.2 Å². The van der Waals surface area contributed by atoms with E-state index in [1.165, 1.54) is 13.8 Å². The first-order valence-electron chi connectivity index (χ1n) is 5.51. The molecule has 2 rings (SSSR count). The van der Waals surface area contributed by atoms with Crippen LogP contribution in [0.4, 0.5) is 5.82 Å². The minimum Gasteiger partial charge on any atom is -0.373 e. The third-order valence-electron chi connectivity index (χ3n) is 3.05. The van der Waals surface area contributed by atoms with Crippen molar-refractivity contribution in [3.63, 3.8) is 0 Å². The molecular weight excluding hydrogens is 254 g/mol. The van der Waals surface area contributed by atoms with Crippen LogP contribution in [-0.4, -0.2) is 35.4 Å². The average Bonchev–Trinajstić information content (AvgIpc) is 2.35. The summed E-state index contributed by atoms with van der Waals surface area (Å²) in [6.07, 6.45) is 0. The molecule has 1 aromatic heterocycles. The van der Waals surface area contributed by atoms with Crippen molar-refractivity contribution in [3.8, 4) is 0 Å². The third kappa shape index (κ3) is 1.66. The largest absolute Gasteiger partial charge is 0.373 e. The van der Waals surface area contributed by atoms with Crippen LogP contribution in [0, 0.1) is 0 Å². The predicted octanol–water partition coefficient (Wildman–Crippen LogP) is 0.574. The Hall–Kier alpha value is -1.63. The van der Waals surface area contributed by atoms with E-state index >= 15 is 0 Å². The van der Waals surface area contributed by atoms with Gasteiger partial charge >= 0.3 is 0 Å². The Bertz CT molecular complexity index is 595. The van der Waals surface area contributed by atoms with Gasteiger partial charge in [0.1, 0.15) is 5.82 Å². The van der Waals surface area contributed by atoms with E-state index in [9.17, 15) is 13.2 Å². The van der Waals surface area contributed by atoms with E-state index in [1.54, 1.807) is 25.2 Å². The average molecular weight is 269 g/mol. The molecule has 0 spiro atoms. The van der Waals surface area contributed by atoms with Crippen LogP contribution in [0.15, 0.2) is 18.2 Å². The van der Waals surface area contributed by atoms with Gasteiger partial charge in [0.25, 0.3) is 15.9 Å². The van der Waals surface area contributed by atoms with E-state index in [-0.39, 0.29) is 12.5 Å². The third-order valence-corrected chi connectivity index (χ3v) is 5.38. The Labute approximate surface area is 106 Å². The first-order valence-corrected chi connectivity index (χ1v) is 6.95. The molecule has 1 aromatic rings. The summed E-state index contributed by atoms with van der Waals surface area (Å²) in [4.78, 5) is 16.0. The molecule has 1 N–H and O–H groups in total. The van der Waals surface area contributed by atoms with Crippen LogP contribution in [-0.2, 0) is 21.4 Å². The molecule has 0 aromatic carbocycles. The van der Waals surface area contributed by atoms with Crippen LogP contribution >= 0.6 is 0 Å². The van der Waals surface area contributed by atoms with Crippen LogP contribution in [0.1, 0.15) is 19.5 Å². The summed E-state index contributed by atoms with van der Waals surface area (Å²) in [7, 11) is -1.82. The van der Waals surface area contributed by atoms with E-state index in [0.29, 0.717) is 11.5 Å². The molecule has 7 heteroatoms. The monoisotopic (exact) mass is 269 g/mol. The maximum atomic E-state index is 11.9. The van der Waals surface area contributed by atoms with E-state index in [4.69, 9.17) is 0 Å². The van der Waals surface area contributed by atoms with Crippen LogP contribution in [0.2, 0.25) is 0 Å². The van der Waals surface area contributed by atoms with Crippen LogP contribution in [0.25, 0.3) is 0 Å². The van der Waals surface area contributed by atoms with Crippen molar-refractivity contribution >= 4 is 21.7 Å². The second-order valence-corrected chi connectivity index (χ2v) is 7.00. The number of carbonyl (C=O) groups is 1. The fourth-order valence-corrected chi connectivity index (χ4v) is 3.27. The number of rotatable bonds is 3. The first-order chi connectivity index (χ1) is 8.30. The topological polar surface area (TPSA) is 79.4 Å². The number of nitrogens with zero attached hydrogens (tertiary/aromatic N) is 2. The zero-order chi connectivity index (χ0) is 13.6. The van der Waals surface area contributed by atoms with Crippen molar-refractivity contribution in [2.45, 2.75) is 25.1 Å². The van der Waals surface area contributed by atoms with Gasteiger partial charge in [-0.25, -0.2) is 17.7 Å². The van der Waals surface area contributed by atoms with Gasteiger partial charge in [-0.2, -0.15) is 0 Å². The summed E-state index contributed by atoms with van der Waals surface area (Å²) >= 11 is 0. The lowest BCUT2D eigenvalue weighted by atomic mass is 10.2. The molecule has 1 aliphatic heterocycles. The number of pyridine rings is 1. The van der Waals surface area contributed by atoms with Gasteiger partial charge in [0.05, 0.1) is 12.2 Å². The molecule has 18 heavy (non-hydrogen) atoms. The highest BCUT2D eigenvalue weighted by Gasteiger charge is 2.60. The normalized spacial score (nSPS) is 20.4. The lowest BCUT2D eigenvalue weighted by Crippen LogP contribution is -2.66. The second kappa shape index (κ2) is 3.94. The molecule has 0 bridgehead atoms. The number of hydrogen-bond acceptors (Lipinski definition) is 5. The molecule has 0 unspecified atom stereocenters. The maximum absolute atomic E-state index is 11.9. The van der Waals surface area contributed by atoms with Gasteiger partial charge in [-0.15, -0.1) is 0 Å². The minimum absolute atomic E-state index is 0.0138. The highest BCUT2D eigenvalue weighted by Crippen LogP contribution is 2.35. The summed E-state index contributed by atoms with van der Waals surface area (Å²) in [5.74, 6) is 0.247. The van der Waals surface area contributed by atoms with Crippen molar-refractivity contribution in [2.24, 2.45) is 0 Å². The molecule has 0 atom stereocenters. The first kappa shape index (κ1) is 12.8. The predicted molar refractivity (Wildman–Crippen MR) is 67.3 cm³/mol. The summed E-state index contributed by atoms with van der Waals surface area (Å²) in [5, 5.41) is 2.86. The van der Waals surface area contributed by atoms with E-state index < -0.39 is 14.8 Å².